The van der Waals surface area contributed by atoms with Crippen molar-refractivity contribution < 1.29 is 14.6 Å². The Labute approximate surface area is 148 Å². The number of carboxylic acid groups (broad SMARTS) is 1. The molecule has 2 N–H and O–H groups in total. The second-order valence-electron chi connectivity index (χ2n) is 6.13. The zero-order valence-electron chi connectivity index (χ0n) is 13.1. The largest absolute Gasteiger partial charge is 0.481 e. The highest BCUT2D eigenvalue weighted by Gasteiger charge is 2.42. The average molecular weight is 401 g/mol. The molecule has 1 unspecified atom stereocenters. The Balaban J connectivity index is 2.30. The monoisotopic (exact) mass is 399 g/mol. The van der Waals surface area contributed by atoms with E-state index in [2.05, 4.69) is 20.9 Å². The molecule has 1 aliphatic heterocycles. The zero-order valence-corrected chi connectivity index (χ0v) is 15.5. The first-order chi connectivity index (χ1) is 10.9. The Morgan fingerprint density at radius 1 is 1.57 bits per heavy atom. The molecular weight excluding hydrogens is 382 g/mol. The smallest absolute Gasteiger partial charge is 0.306 e. The van der Waals surface area contributed by atoms with Gasteiger partial charge in [-0.1, -0.05) is 24.9 Å². The molecule has 1 aromatic heterocycles. The first-order valence-corrected chi connectivity index (χ1v) is 8.92. The number of carboxylic acids is 1. The van der Waals surface area contributed by atoms with Crippen LogP contribution in [0.1, 0.15) is 43.0 Å². The molecule has 4 nitrogen and oxygen atoms in total. The van der Waals surface area contributed by atoms with E-state index in [1.54, 1.807) is 0 Å². The molecule has 0 spiro atoms. The molecule has 0 fully saturated rings. The number of hydrogen-bond acceptors (Lipinski definition) is 2. The fourth-order valence-electron chi connectivity index (χ4n) is 3.62. The molecule has 0 radical (unpaired) electrons. The van der Waals surface area contributed by atoms with Gasteiger partial charge in [0.2, 0.25) is 0 Å². The van der Waals surface area contributed by atoms with Gasteiger partial charge in [0.15, 0.2) is 0 Å². The van der Waals surface area contributed by atoms with Crippen LogP contribution >= 0.6 is 27.5 Å². The van der Waals surface area contributed by atoms with Gasteiger partial charge in [-0.2, -0.15) is 0 Å². The predicted molar refractivity (Wildman–Crippen MR) is 94.2 cm³/mol. The molecular formula is C17H19BrClNO3. The lowest BCUT2D eigenvalue weighted by molar-refractivity contribution is -0.149. The van der Waals surface area contributed by atoms with Crippen LogP contribution in [-0.4, -0.2) is 22.7 Å². The molecule has 1 aliphatic rings. The highest BCUT2D eigenvalue weighted by molar-refractivity contribution is 9.10. The summed E-state index contributed by atoms with van der Waals surface area (Å²) >= 11 is 10.1. The van der Waals surface area contributed by atoms with Gasteiger partial charge in [-0.15, -0.1) is 0 Å². The topological polar surface area (TPSA) is 62.3 Å². The van der Waals surface area contributed by atoms with Crippen LogP contribution in [0.15, 0.2) is 10.5 Å². The van der Waals surface area contributed by atoms with Crippen molar-refractivity contribution in [3.05, 3.63) is 32.4 Å². The van der Waals surface area contributed by atoms with Gasteiger partial charge in [0.1, 0.15) is 5.60 Å². The van der Waals surface area contributed by atoms with Crippen LogP contribution in [0.25, 0.3) is 10.9 Å². The second-order valence-corrected chi connectivity index (χ2v) is 7.33. The molecule has 124 valence electrons. The number of aryl methyl sites for hydroxylation is 1. The second kappa shape index (κ2) is 6.11. The maximum Gasteiger partial charge on any atom is 0.306 e. The van der Waals surface area contributed by atoms with Crippen molar-refractivity contribution in [2.45, 2.75) is 45.1 Å². The van der Waals surface area contributed by atoms with Crippen molar-refractivity contribution >= 4 is 44.4 Å². The molecule has 23 heavy (non-hydrogen) atoms. The van der Waals surface area contributed by atoms with E-state index in [0.29, 0.717) is 18.1 Å². The molecule has 0 aliphatic carbocycles. The fourth-order valence-corrected chi connectivity index (χ4v) is 4.47. The number of carbonyl (C=O) groups is 1. The SMILES string of the molecule is CCCC1(CC(=O)O)OCCc2c1[nH]c1c(Cl)cc(C)c(Br)c21. The number of H-pyrrole nitrogens is 1. The first kappa shape index (κ1) is 16.8. The summed E-state index contributed by atoms with van der Waals surface area (Å²) in [6, 6.07) is 1.91. The van der Waals surface area contributed by atoms with Crippen LogP contribution in [-0.2, 0) is 21.6 Å². The highest BCUT2D eigenvalue weighted by atomic mass is 79.9. The van der Waals surface area contributed by atoms with Gasteiger partial charge >= 0.3 is 5.97 Å². The van der Waals surface area contributed by atoms with Gasteiger partial charge in [0.25, 0.3) is 0 Å². The summed E-state index contributed by atoms with van der Waals surface area (Å²) in [5, 5.41) is 11.1. The molecule has 3 rings (SSSR count). The van der Waals surface area contributed by atoms with Crippen LogP contribution in [0.5, 0.6) is 0 Å². The summed E-state index contributed by atoms with van der Waals surface area (Å²) in [6.45, 7) is 4.56. The number of hydrogen-bond donors (Lipinski definition) is 2. The van der Waals surface area contributed by atoms with E-state index in [-0.39, 0.29) is 6.42 Å². The minimum atomic E-state index is -0.855. The van der Waals surface area contributed by atoms with Crippen molar-refractivity contribution in [3.63, 3.8) is 0 Å². The Kier molecular flexibility index (Phi) is 4.47. The van der Waals surface area contributed by atoms with E-state index in [1.165, 1.54) is 0 Å². The lowest BCUT2D eigenvalue weighted by atomic mass is 9.84. The van der Waals surface area contributed by atoms with Crippen LogP contribution in [0, 0.1) is 6.92 Å². The number of aromatic amines is 1. The fraction of sp³-hybridized carbons (Fsp3) is 0.471. The number of rotatable bonds is 4. The Bertz CT molecular complexity index is 786. The summed E-state index contributed by atoms with van der Waals surface area (Å²) < 4.78 is 7.02. The maximum absolute atomic E-state index is 11.4. The van der Waals surface area contributed by atoms with Gasteiger partial charge in [-0.05, 0) is 52.9 Å². The third kappa shape index (κ3) is 2.69. The minimum Gasteiger partial charge on any atom is -0.481 e. The number of ether oxygens (including phenoxy) is 1. The maximum atomic E-state index is 11.4. The normalized spacial score (nSPS) is 20.7. The van der Waals surface area contributed by atoms with Crippen molar-refractivity contribution in [1.82, 2.24) is 4.98 Å². The third-order valence-corrected chi connectivity index (χ3v) is 5.85. The van der Waals surface area contributed by atoms with Crippen molar-refractivity contribution in [3.8, 4) is 0 Å². The standard InChI is InChI=1S/C17H19BrClNO3/c1-3-5-17(8-12(21)22)16-10(4-6-23-17)13-14(18)9(2)7-11(19)15(13)20-16/h7,20H,3-6,8H2,1-2H3,(H,21,22). The molecule has 2 aromatic rings. The Morgan fingerprint density at radius 3 is 2.96 bits per heavy atom. The number of fused-ring (bicyclic) bond motifs is 3. The van der Waals surface area contributed by atoms with Gasteiger partial charge < -0.3 is 14.8 Å². The highest BCUT2D eigenvalue weighted by Crippen LogP contribution is 2.45. The van der Waals surface area contributed by atoms with Crippen LogP contribution in [0.4, 0.5) is 0 Å². The first-order valence-electron chi connectivity index (χ1n) is 7.75. The number of aliphatic carboxylic acids is 1. The molecule has 1 aromatic carbocycles. The number of benzene rings is 1. The van der Waals surface area contributed by atoms with E-state index in [9.17, 15) is 9.90 Å². The van der Waals surface area contributed by atoms with E-state index >= 15 is 0 Å². The van der Waals surface area contributed by atoms with Gasteiger partial charge in [-0.25, -0.2) is 0 Å². The summed E-state index contributed by atoms with van der Waals surface area (Å²) in [5.74, 6) is -0.855. The number of aromatic nitrogens is 1. The predicted octanol–water partition coefficient (Wildman–Crippen LogP) is 4.94. The molecule has 0 saturated heterocycles. The molecule has 0 bridgehead atoms. The summed E-state index contributed by atoms with van der Waals surface area (Å²) in [6.07, 6.45) is 2.21. The minimum absolute atomic E-state index is 0.0467. The van der Waals surface area contributed by atoms with Crippen molar-refractivity contribution in [2.24, 2.45) is 0 Å². The van der Waals surface area contributed by atoms with Crippen LogP contribution < -0.4 is 0 Å². The molecule has 1 atom stereocenters. The molecule has 0 saturated carbocycles. The van der Waals surface area contributed by atoms with E-state index in [1.807, 2.05) is 19.9 Å². The van der Waals surface area contributed by atoms with E-state index in [0.717, 1.165) is 45.0 Å². The lowest BCUT2D eigenvalue weighted by Crippen LogP contribution is -2.37. The Morgan fingerprint density at radius 2 is 2.30 bits per heavy atom. The third-order valence-electron chi connectivity index (χ3n) is 4.53. The van der Waals surface area contributed by atoms with Gasteiger partial charge in [-0.3, -0.25) is 4.79 Å². The summed E-state index contributed by atoms with van der Waals surface area (Å²) in [7, 11) is 0. The van der Waals surface area contributed by atoms with Crippen molar-refractivity contribution in [2.75, 3.05) is 6.61 Å². The molecule has 6 heteroatoms. The number of nitrogens with one attached hydrogen (secondary N) is 1. The van der Waals surface area contributed by atoms with Crippen molar-refractivity contribution in [1.29, 1.82) is 0 Å². The van der Waals surface area contributed by atoms with Gasteiger partial charge in [0, 0.05) is 9.86 Å². The average Bonchev–Trinajstić information content (AvgIpc) is 2.86. The number of halogens is 2. The van der Waals surface area contributed by atoms with E-state index < -0.39 is 11.6 Å². The Hall–Kier alpha value is -1.04. The summed E-state index contributed by atoms with van der Waals surface area (Å²) in [4.78, 5) is 14.8. The quantitative estimate of drug-likeness (QED) is 0.764. The lowest BCUT2D eigenvalue weighted by Gasteiger charge is -2.36. The van der Waals surface area contributed by atoms with E-state index in [4.69, 9.17) is 16.3 Å². The van der Waals surface area contributed by atoms with Crippen LogP contribution in [0.2, 0.25) is 5.02 Å². The molecule has 0 amide bonds. The molecule has 2 heterocycles. The summed E-state index contributed by atoms with van der Waals surface area (Å²) in [5.41, 5.74) is 3.11. The zero-order chi connectivity index (χ0) is 16.8. The van der Waals surface area contributed by atoms with Gasteiger partial charge in [0.05, 0.1) is 29.3 Å². The van der Waals surface area contributed by atoms with Crippen LogP contribution in [0.3, 0.4) is 0 Å².